The molecule has 0 aliphatic heterocycles. The third-order valence-corrected chi connectivity index (χ3v) is 4.21. The minimum Gasteiger partial charge on any atom is -0.354 e. The van der Waals surface area contributed by atoms with Crippen LogP contribution >= 0.6 is 0 Å². The lowest BCUT2D eigenvalue weighted by Crippen LogP contribution is -2.31. The third-order valence-electron chi connectivity index (χ3n) is 4.21. The summed E-state index contributed by atoms with van der Waals surface area (Å²) in [5, 5.41) is 4.90. The smallest absolute Gasteiger partial charge is 0.129 e. The van der Waals surface area contributed by atoms with E-state index in [-0.39, 0.29) is 0 Å². The van der Waals surface area contributed by atoms with Crippen LogP contribution in [0.4, 0.5) is 5.82 Å². The van der Waals surface area contributed by atoms with Gasteiger partial charge in [-0.05, 0) is 51.3 Å². The van der Waals surface area contributed by atoms with Gasteiger partial charge in [-0.25, -0.2) is 4.98 Å². The topological polar surface area (TPSA) is 28.2 Å². The van der Waals surface area contributed by atoms with Crippen LogP contribution in [0.5, 0.6) is 0 Å². The number of benzene rings is 1. The first kappa shape index (κ1) is 14.3. The normalized spacial score (nSPS) is 14.9. The van der Waals surface area contributed by atoms with E-state index in [9.17, 15) is 0 Å². The van der Waals surface area contributed by atoms with E-state index in [1.54, 1.807) is 0 Å². The number of rotatable bonds is 6. The molecule has 3 nitrogen and oxygen atoms in total. The molecular weight excluding hydrogens is 258 g/mol. The Hall–Kier alpha value is -1.61. The quantitative estimate of drug-likeness (QED) is 0.875. The maximum absolute atomic E-state index is 4.87. The van der Waals surface area contributed by atoms with Crippen molar-refractivity contribution in [1.82, 2.24) is 10.3 Å². The van der Waals surface area contributed by atoms with E-state index in [2.05, 4.69) is 61.3 Å². The Bertz CT molecular complexity index is 617. The highest BCUT2D eigenvalue weighted by molar-refractivity contribution is 5.84. The Labute approximate surface area is 127 Å². The molecular formula is C18H25N3. The molecule has 0 atom stereocenters. The molecule has 3 rings (SSSR count). The number of nitrogens with zero attached hydrogens (tertiary/aromatic N) is 2. The van der Waals surface area contributed by atoms with Gasteiger partial charge in [-0.3, -0.25) is 0 Å². The van der Waals surface area contributed by atoms with E-state index in [1.807, 2.05) is 0 Å². The van der Waals surface area contributed by atoms with Crippen molar-refractivity contribution in [1.29, 1.82) is 0 Å². The molecule has 3 heteroatoms. The van der Waals surface area contributed by atoms with Gasteiger partial charge in [0.2, 0.25) is 0 Å². The van der Waals surface area contributed by atoms with Gasteiger partial charge in [0, 0.05) is 30.6 Å². The minimum absolute atomic E-state index is 0.466. The molecule has 0 bridgehead atoms. The van der Waals surface area contributed by atoms with Gasteiger partial charge in [-0.1, -0.05) is 18.2 Å². The van der Waals surface area contributed by atoms with Crippen LogP contribution in [-0.4, -0.2) is 23.6 Å². The monoisotopic (exact) mass is 283 g/mol. The molecule has 1 aromatic carbocycles. The second-order valence-corrected chi connectivity index (χ2v) is 6.19. The number of fused-ring (bicyclic) bond motifs is 1. The minimum atomic E-state index is 0.466. The number of hydrogen-bond donors (Lipinski definition) is 1. The molecule has 0 saturated heterocycles. The summed E-state index contributed by atoms with van der Waals surface area (Å²) in [7, 11) is 0. The number of nitrogens with one attached hydrogen (secondary N) is 1. The first-order valence-corrected chi connectivity index (χ1v) is 8.07. The van der Waals surface area contributed by atoms with Gasteiger partial charge >= 0.3 is 0 Å². The van der Waals surface area contributed by atoms with Crippen LogP contribution in [0.15, 0.2) is 30.3 Å². The van der Waals surface area contributed by atoms with Crippen molar-refractivity contribution in [3.63, 3.8) is 0 Å². The molecule has 1 aliphatic carbocycles. The van der Waals surface area contributed by atoms with Gasteiger partial charge in [0.1, 0.15) is 5.82 Å². The van der Waals surface area contributed by atoms with Crippen molar-refractivity contribution in [2.75, 3.05) is 11.4 Å². The molecule has 1 aliphatic rings. The van der Waals surface area contributed by atoms with Gasteiger partial charge in [-0.2, -0.15) is 0 Å². The molecule has 1 heterocycles. The second kappa shape index (κ2) is 6.02. The van der Waals surface area contributed by atoms with E-state index < -0.39 is 0 Å². The van der Waals surface area contributed by atoms with E-state index in [0.29, 0.717) is 6.04 Å². The molecule has 112 valence electrons. The Morgan fingerprint density at radius 3 is 2.71 bits per heavy atom. The molecule has 0 radical (unpaired) electrons. The Balaban J connectivity index is 2.00. The molecule has 1 fully saturated rings. The summed E-state index contributed by atoms with van der Waals surface area (Å²) >= 11 is 0. The second-order valence-electron chi connectivity index (χ2n) is 6.19. The molecule has 1 N–H and O–H groups in total. The van der Waals surface area contributed by atoms with Gasteiger partial charge in [0.05, 0.1) is 5.52 Å². The van der Waals surface area contributed by atoms with E-state index in [4.69, 9.17) is 4.98 Å². The predicted molar refractivity (Wildman–Crippen MR) is 89.8 cm³/mol. The average molecular weight is 283 g/mol. The lowest BCUT2D eigenvalue weighted by molar-refractivity contribution is 0.681. The Morgan fingerprint density at radius 2 is 2.05 bits per heavy atom. The van der Waals surface area contributed by atoms with Crippen molar-refractivity contribution >= 4 is 16.7 Å². The highest BCUT2D eigenvalue weighted by atomic mass is 15.2. The predicted octanol–water partition coefficient (Wildman–Crippen LogP) is 3.72. The summed E-state index contributed by atoms with van der Waals surface area (Å²) in [5.41, 5.74) is 2.46. The number of para-hydroxylation sites is 1. The number of aromatic nitrogens is 1. The summed E-state index contributed by atoms with van der Waals surface area (Å²) in [5.74, 6) is 1.10. The van der Waals surface area contributed by atoms with Crippen molar-refractivity contribution in [2.45, 2.75) is 52.2 Å². The Morgan fingerprint density at radius 1 is 1.29 bits per heavy atom. The van der Waals surface area contributed by atoms with Gasteiger partial charge in [0.25, 0.3) is 0 Å². The zero-order valence-electron chi connectivity index (χ0n) is 13.3. The number of pyridine rings is 1. The van der Waals surface area contributed by atoms with Crippen molar-refractivity contribution in [3.05, 3.63) is 35.9 Å². The van der Waals surface area contributed by atoms with Crippen LogP contribution in [-0.2, 0) is 6.54 Å². The van der Waals surface area contributed by atoms with Crippen molar-refractivity contribution in [3.8, 4) is 0 Å². The van der Waals surface area contributed by atoms with Crippen molar-refractivity contribution in [2.24, 2.45) is 0 Å². The fourth-order valence-corrected chi connectivity index (χ4v) is 2.86. The van der Waals surface area contributed by atoms with Crippen LogP contribution in [0.1, 0.15) is 39.2 Å². The SMILES string of the molecule is CCN(c1cc(CNC2CC2)c2ccccc2n1)C(C)C. The summed E-state index contributed by atoms with van der Waals surface area (Å²) in [6.45, 7) is 8.57. The fraction of sp³-hybridized carbons (Fsp3) is 0.500. The van der Waals surface area contributed by atoms with Gasteiger partial charge in [-0.15, -0.1) is 0 Å². The van der Waals surface area contributed by atoms with E-state index in [0.717, 1.165) is 30.5 Å². The molecule has 2 aromatic rings. The summed E-state index contributed by atoms with van der Waals surface area (Å²) in [4.78, 5) is 7.22. The summed E-state index contributed by atoms with van der Waals surface area (Å²) < 4.78 is 0. The first-order chi connectivity index (χ1) is 10.2. The molecule has 0 spiro atoms. The van der Waals surface area contributed by atoms with Crippen LogP contribution < -0.4 is 10.2 Å². The first-order valence-electron chi connectivity index (χ1n) is 8.07. The van der Waals surface area contributed by atoms with Crippen LogP contribution in [0.25, 0.3) is 10.9 Å². The standard InChI is InChI=1S/C18H25N3/c1-4-21(13(2)3)18-11-14(12-19-15-9-10-15)16-7-5-6-8-17(16)20-18/h5-8,11,13,15,19H,4,9-10,12H2,1-3H3. The molecule has 0 amide bonds. The molecule has 1 aromatic heterocycles. The summed E-state index contributed by atoms with van der Waals surface area (Å²) in [6.07, 6.45) is 2.64. The molecule has 1 saturated carbocycles. The zero-order chi connectivity index (χ0) is 14.8. The van der Waals surface area contributed by atoms with Gasteiger partial charge < -0.3 is 10.2 Å². The van der Waals surface area contributed by atoms with Crippen LogP contribution in [0, 0.1) is 0 Å². The van der Waals surface area contributed by atoms with Crippen molar-refractivity contribution < 1.29 is 0 Å². The van der Waals surface area contributed by atoms with E-state index >= 15 is 0 Å². The maximum Gasteiger partial charge on any atom is 0.129 e. The maximum atomic E-state index is 4.87. The highest BCUT2D eigenvalue weighted by Gasteiger charge is 2.21. The van der Waals surface area contributed by atoms with Gasteiger partial charge in [0.15, 0.2) is 0 Å². The zero-order valence-corrected chi connectivity index (χ0v) is 13.3. The molecule has 0 unspecified atom stereocenters. The number of anilines is 1. The van der Waals surface area contributed by atoms with Crippen LogP contribution in [0.2, 0.25) is 0 Å². The lowest BCUT2D eigenvalue weighted by atomic mass is 10.1. The largest absolute Gasteiger partial charge is 0.354 e. The van der Waals surface area contributed by atoms with E-state index in [1.165, 1.54) is 23.8 Å². The third kappa shape index (κ3) is 3.18. The number of hydrogen-bond acceptors (Lipinski definition) is 3. The summed E-state index contributed by atoms with van der Waals surface area (Å²) in [6, 6.07) is 11.9. The average Bonchev–Trinajstić information content (AvgIpc) is 3.29. The lowest BCUT2D eigenvalue weighted by Gasteiger charge is -2.27. The van der Waals surface area contributed by atoms with Crippen LogP contribution in [0.3, 0.4) is 0 Å². The highest BCUT2D eigenvalue weighted by Crippen LogP contribution is 2.26. The Kier molecular flexibility index (Phi) is 4.11. The molecule has 21 heavy (non-hydrogen) atoms. The fourth-order valence-electron chi connectivity index (χ4n) is 2.86.